The van der Waals surface area contributed by atoms with Crippen molar-refractivity contribution in [2.75, 3.05) is 20.1 Å². The van der Waals surface area contributed by atoms with Gasteiger partial charge < -0.3 is 5.11 Å². The molecule has 1 heterocycles. The average Bonchev–Trinajstić information content (AvgIpc) is 1.78. The fourth-order valence-electron chi connectivity index (χ4n) is 1.23. The minimum atomic E-state index is -0.604. The second-order valence-electron chi connectivity index (χ2n) is 3.36. The van der Waals surface area contributed by atoms with E-state index >= 15 is 0 Å². The van der Waals surface area contributed by atoms with Gasteiger partial charge in [-0.3, -0.25) is 4.90 Å². The predicted octanol–water partition coefficient (Wildman–Crippen LogP) is 0.629. The fourth-order valence-corrected chi connectivity index (χ4v) is 1.23. The van der Waals surface area contributed by atoms with E-state index in [0.29, 0.717) is 0 Å². The average molecular weight is 141 g/mol. The number of likely N-dealkylation sites (N-methyl/N-ethyl adjacent to an activating group) is 1. The van der Waals surface area contributed by atoms with Gasteiger partial charge in [-0.1, -0.05) is 6.08 Å². The van der Waals surface area contributed by atoms with Crippen molar-refractivity contribution in [2.24, 2.45) is 0 Å². The Labute approximate surface area is 62.2 Å². The zero-order valence-corrected chi connectivity index (χ0v) is 6.89. The summed E-state index contributed by atoms with van der Waals surface area (Å²) in [6.07, 6.45) is 2.07. The summed E-state index contributed by atoms with van der Waals surface area (Å²) in [4.78, 5) is 2.10. The van der Waals surface area contributed by atoms with Gasteiger partial charge in [0.2, 0.25) is 0 Å². The third-order valence-electron chi connectivity index (χ3n) is 2.14. The molecule has 2 heteroatoms. The van der Waals surface area contributed by atoms with Gasteiger partial charge in [0.05, 0.1) is 5.60 Å². The molecule has 1 rings (SSSR count). The van der Waals surface area contributed by atoms with Crippen molar-refractivity contribution < 1.29 is 5.11 Å². The van der Waals surface area contributed by atoms with Crippen LogP contribution in [-0.4, -0.2) is 35.7 Å². The molecule has 0 aliphatic carbocycles. The van der Waals surface area contributed by atoms with E-state index in [0.717, 1.165) is 18.7 Å². The van der Waals surface area contributed by atoms with Crippen molar-refractivity contribution >= 4 is 0 Å². The summed E-state index contributed by atoms with van der Waals surface area (Å²) < 4.78 is 0. The van der Waals surface area contributed by atoms with E-state index in [4.69, 9.17) is 0 Å². The van der Waals surface area contributed by atoms with Crippen LogP contribution in [0.25, 0.3) is 0 Å². The minimum absolute atomic E-state index is 0.604. The number of hydrogen-bond acceptors (Lipinski definition) is 2. The molecule has 1 aliphatic heterocycles. The third-order valence-corrected chi connectivity index (χ3v) is 2.14. The maximum atomic E-state index is 9.70. The first-order valence-electron chi connectivity index (χ1n) is 3.60. The summed E-state index contributed by atoms with van der Waals surface area (Å²) in [5.41, 5.74) is 0.484. The molecule has 1 aliphatic rings. The summed E-state index contributed by atoms with van der Waals surface area (Å²) in [7, 11) is 2.01. The molecule has 1 N–H and O–H groups in total. The van der Waals surface area contributed by atoms with Crippen LogP contribution in [0.4, 0.5) is 0 Å². The van der Waals surface area contributed by atoms with Gasteiger partial charge in [-0.25, -0.2) is 0 Å². The zero-order valence-electron chi connectivity index (χ0n) is 6.89. The van der Waals surface area contributed by atoms with Gasteiger partial charge in [0.15, 0.2) is 0 Å². The standard InChI is InChI=1S/C8H15NO/c1-7-4-5-9(3)6-8(7,2)10/h4,10H,5-6H2,1-3H3. The van der Waals surface area contributed by atoms with Crippen LogP contribution in [0.3, 0.4) is 0 Å². The SMILES string of the molecule is CC1=CCN(C)CC1(C)O. The summed E-state index contributed by atoms with van der Waals surface area (Å²) in [6.45, 7) is 5.54. The zero-order chi connectivity index (χ0) is 7.78. The fraction of sp³-hybridized carbons (Fsp3) is 0.750. The van der Waals surface area contributed by atoms with Crippen LogP contribution in [0.2, 0.25) is 0 Å². The molecule has 0 amide bonds. The van der Waals surface area contributed by atoms with E-state index < -0.39 is 5.60 Å². The maximum Gasteiger partial charge on any atom is 0.0952 e. The topological polar surface area (TPSA) is 23.5 Å². The molecule has 58 valence electrons. The van der Waals surface area contributed by atoms with Crippen molar-refractivity contribution in [1.29, 1.82) is 0 Å². The lowest BCUT2D eigenvalue weighted by atomic mass is 9.93. The lowest BCUT2D eigenvalue weighted by molar-refractivity contribution is 0.0546. The summed E-state index contributed by atoms with van der Waals surface area (Å²) in [5, 5.41) is 9.70. The van der Waals surface area contributed by atoms with Gasteiger partial charge in [0.25, 0.3) is 0 Å². The minimum Gasteiger partial charge on any atom is -0.384 e. The van der Waals surface area contributed by atoms with Crippen molar-refractivity contribution in [1.82, 2.24) is 4.90 Å². The number of hydrogen-bond donors (Lipinski definition) is 1. The highest BCUT2D eigenvalue weighted by molar-refractivity contribution is 5.17. The highest BCUT2D eigenvalue weighted by atomic mass is 16.3. The summed E-state index contributed by atoms with van der Waals surface area (Å²) in [6, 6.07) is 0. The molecular weight excluding hydrogens is 126 g/mol. The Morgan fingerprint density at radius 1 is 1.70 bits per heavy atom. The molecule has 0 aromatic rings. The number of aliphatic hydroxyl groups is 1. The van der Waals surface area contributed by atoms with Gasteiger partial charge in [0.1, 0.15) is 0 Å². The molecule has 0 saturated carbocycles. The van der Waals surface area contributed by atoms with Gasteiger partial charge in [-0.05, 0) is 26.5 Å². The van der Waals surface area contributed by atoms with Crippen LogP contribution >= 0.6 is 0 Å². The molecule has 1 atom stereocenters. The van der Waals surface area contributed by atoms with E-state index in [1.54, 1.807) is 0 Å². The molecule has 2 nitrogen and oxygen atoms in total. The molecule has 0 aromatic carbocycles. The third kappa shape index (κ3) is 1.39. The van der Waals surface area contributed by atoms with Crippen LogP contribution in [0.1, 0.15) is 13.8 Å². The van der Waals surface area contributed by atoms with Gasteiger partial charge in [-0.15, -0.1) is 0 Å². The molecule has 0 aromatic heterocycles. The molecule has 0 radical (unpaired) electrons. The molecule has 10 heavy (non-hydrogen) atoms. The van der Waals surface area contributed by atoms with Crippen LogP contribution in [0.5, 0.6) is 0 Å². The highest BCUT2D eigenvalue weighted by Gasteiger charge is 2.26. The Morgan fingerprint density at radius 2 is 2.30 bits per heavy atom. The van der Waals surface area contributed by atoms with Gasteiger partial charge in [0, 0.05) is 13.1 Å². The van der Waals surface area contributed by atoms with Crippen LogP contribution < -0.4 is 0 Å². The van der Waals surface area contributed by atoms with Crippen molar-refractivity contribution in [3.05, 3.63) is 11.6 Å². The monoisotopic (exact) mass is 141 g/mol. The van der Waals surface area contributed by atoms with E-state index in [1.165, 1.54) is 0 Å². The largest absolute Gasteiger partial charge is 0.384 e. The van der Waals surface area contributed by atoms with E-state index in [1.807, 2.05) is 20.9 Å². The maximum absolute atomic E-state index is 9.70. The molecule has 0 spiro atoms. The first-order chi connectivity index (χ1) is 4.52. The van der Waals surface area contributed by atoms with Crippen molar-refractivity contribution in [3.8, 4) is 0 Å². The first-order valence-corrected chi connectivity index (χ1v) is 3.60. The summed E-state index contributed by atoms with van der Waals surface area (Å²) in [5.74, 6) is 0. The number of β-amino-alcohol motifs (C(OH)–C–C–N with tert-alkyl or cyclic N) is 1. The Morgan fingerprint density at radius 3 is 2.70 bits per heavy atom. The lowest BCUT2D eigenvalue weighted by Crippen LogP contribution is -2.43. The summed E-state index contributed by atoms with van der Waals surface area (Å²) >= 11 is 0. The highest BCUT2D eigenvalue weighted by Crippen LogP contribution is 2.20. The lowest BCUT2D eigenvalue weighted by Gasteiger charge is -2.33. The number of rotatable bonds is 0. The van der Waals surface area contributed by atoms with E-state index in [2.05, 4.69) is 11.0 Å². The van der Waals surface area contributed by atoms with E-state index in [9.17, 15) is 5.11 Å². The van der Waals surface area contributed by atoms with Crippen LogP contribution in [0.15, 0.2) is 11.6 Å². The van der Waals surface area contributed by atoms with E-state index in [-0.39, 0.29) is 0 Å². The Kier molecular flexibility index (Phi) is 1.84. The molecule has 0 bridgehead atoms. The molecule has 0 saturated heterocycles. The normalized spacial score (nSPS) is 35.8. The Hall–Kier alpha value is -0.340. The van der Waals surface area contributed by atoms with Crippen LogP contribution in [-0.2, 0) is 0 Å². The Balaban J connectivity index is 2.76. The smallest absolute Gasteiger partial charge is 0.0952 e. The number of nitrogens with zero attached hydrogens (tertiary/aromatic N) is 1. The van der Waals surface area contributed by atoms with Crippen molar-refractivity contribution in [3.63, 3.8) is 0 Å². The molecule has 1 unspecified atom stereocenters. The second-order valence-corrected chi connectivity index (χ2v) is 3.36. The van der Waals surface area contributed by atoms with Gasteiger partial charge in [-0.2, -0.15) is 0 Å². The predicted molar refractivity (Wildman–Crippen MR) is 41.9 cm³/mol. The van der Waals surface area contributed by atoms with Crippen molar-refractivity contribution in [2.45, 2.75) is 19.4 Å². The second kappa shape index (κ2) is 2.36. The molecule has 0 fully saturated rings. The molecular formula is C8H15NO. The van der Waals surface area contributed by atoms with Crippen LogP contribution in [0, 0.1) is 0 Å². The quantitative estimate of drug-likeness (QED) is 0.500. The van der Waals surface area contributed by atoms with Gasteiger partial charge >= 0.3 is 0 Å². The Bertz CT molecular complexity index is 161. The first kappa shape index (κ1) is 7.76.